The predicted octanol–water partition coefficient (Wildman–Crippen LogP) is 22.7. The minimum Gasteiger partial charge on any atom is -0.481 e. The van der Waals surface area contributed by atoms with Gasteiger partial charge in [0.05, 0.1) is 5.92 Å². The lowest BCUT2D eigenvalue weighted by atomic mass is 9.94. The number of aliphatic carboxylic acids is 2. The molecule has 0 aliphatic carbocycles. The third-order valence-electron chi connectivity index (χ3n) is 14.7. The standard InChI is InChI=1S/C40H80O2.C22H44O2/c1-3-5-7-9-11-13-15-17-19-21-22-24-26-28-30-32-34-36-38-39(40(41)42)37-35-33-31-29-27-25-23-20-18-16-14-12-10-8-6-4-2;1-2-3-4-5-6-7-8-9-10-11-12-13-14-15-16-17-18-19-20-21-22(23)24/h39H,3-38H2,1-2H3,(H,41,42);2-21H2,1H3,(H,23,24). The fourth-order valence-electron chi connectivity index (χ4n) is 9.98. The first-order chi connectivity index (χ1) is 32.5. The lowest BCUT2D eigenvalue weighted by Crippen LogP contribution is -2.13. The molecule has 0 spiro atoms. The van der Waals surface area contributed by atoms with Gasteiger partial charge in [-0.25, -0.2) is 0 Å². The van der Waals surface area contributed by atoms with Gasteiger partial charge in [-0.1, -0.05) is 355 Å². The zero-order valence-corrected chi connectivity index (χ0v) is 45.9. The Morgan fingerprint density at radius 3 is 0.545 bits per heavy atom. The molecule has 0 saturated heterocycles. The number of unbranched alkanes of at least 4 members (excludes halogenated alkanes) is 50. The molecule has 0 aliphatic heterocycles. The highest BCUT2D eigenvalue weighted by Gasteiger charge is 2.16. The van der Waals surface area contributed by atoms with Crippen molar-refractivity contribution in [1.29, 1.82) is 0 Å². The molecular formula is C62H124O4. The summed E-state index contributed by atoms with van der Waals surface area (Å²) in [5.41, 5.74) is 0. The fourth-order valence-corrected chi connectivity index (χ4v) is 9.98. The van der Waals surface area contributed by atoms with Gasteiger partial charge in [-0.05, 0) is 19.3 Å². The van der Waals surface area contributed by atoms with Crippen LogP contribution in [0.5, 0.6) is 0 Å². The van der Waals surface area contributed by atoms with Crippen LogP contribution in [-0.4, -0.2) is 22.2 Å². The first-order valence-corrected chi connectivity index (χ1v) is 30.9. The number of hydrogen-bond acceptors (Lipinski definition) is 2. The first-order valence-electron chi connectivity index (χ1n) is 30.9. The number of hydrogen-bond donors (Lipinski definition) is 2. The second-order valence-electron chi connectivity index (χ2n) is 21.4. The summed E-state index contributed by atoms with van der Waals surface area (Å²) in [6, 6.07) is 0. The van der Waals surface area contributed by atoms with Crippen LogP contribution in [0.4, 0.5) is 0 Å². The molecule has 4 nitrogen and oxygen atoms in total. The van der Waals surface area contributed by atoms with Gasteiger partial charge in [0.2, 0.25) is 0 Å². The van der Waals surface area contributed by atoms with Gasteiger partial charge in [0.25, 0.3) is 0 Å². The van der Waals surface area contributed by atoms with Gasteiger partial charge in [0.15, 0.2) is 0 Å². The Morgan fingerprint density at radius 2 is 0.394 bits per heavy atom. The molecular weight excluding hydrogens is 809 g/mol. The van der Waals surface area contributed by atoms with Crippen LogP contribution in [0, 0.1) is 5.92 Å². The van der Waals surface area contributed by atoms with Crippen molar-refractivity contribution in [3.05, 3.63) is 0 Å². The summed E-state index contributed by atoms with van der Waals surface area (Å²) in [6.07, 6.45) is 74.8. The maximum atomic E-state index is 11.7. The molecule has 0 bridgehead atoms. The largest absolute Gasteiger partial charge is 0.481 e. The van der Waals surface area contributed by atoms with E-state index in [9.17, 15) is 14.7 Å². The van der Waals surface area contributed by atoms with E-state index in [0.29, 0.717) is 6.42 Å². The molecule has 1 atom stereocenters. The second kappa shape index (κ2) is 62.0. The SMILES string of the molecule is CCCCCCCCCCCCCCCCCCCCC(CCCCCCCCCCCCCCCCCC)C(=O)O.CCCCCCCCCCCCCCCCCCCCCC(=O)O. The molecule has 1 unspecified atom stereocenters. The Kier molecular flexibility index (Phi) is 62.9. The molecule has 4 heteroatoms. The molecule has 0 radical (unpaired) electrons. The summed E-state index contributed by atoms with van der Waals surface area (Å²) in [6.45, 7) is 6.87. The van der Waals surface area contributed by atoms with Crippen molar-refractivity contribution < 1.29 is 19.8 Å². The molecule has 0 amide bonds. The van der Waals surface area contributed by atoms with E-state index in [2.05, 4.69) is 20.8 Å². The highest BCUT2D eigenvalue weighted by molar-refractivity contribution is 5.69. The van der Waals surface area contributed by atoms with E-state index in [1.807, 2.05) is 0 Å². The van der Waals surface area contributed by atoms with Crippen LogP contribution in [-0.2, 0) is 9.59 Å². The zero-order chi connectivity index (χ0) is 48.3. The molecule has 0 saturated carbocycles. The third kappa shape index (κ3) is 62.9. The Balaban J connectivity index is 0. The van der Waals surface area contributed by atoms with Crippen LogP contribution < -0.4 is 0 Å². The van der Waals surface area contributed by atoms with E-state index in [0.717, 1.165) is 38.5 Å². The van der Waals surface area contributed by atoms with Gasteiger partial charge in [-0.2, -0.15) is 0 Å². The molecule has 0 aromatic rings. The summed E-state index contributed by atoms with van der Waals surface area (Å²) in [5.74, 6) is -1.30. The van der Waals surface area contributed by atoms with E-state index >= 15 is 0 Å². The Bertz CT molecular complexity index is 887. The van der Waals surface area contributed by atoms with E-state index in [-0.39, 0.29) is 5.92 Å². The summed E-state index contributed by atoms with van der Waals surface area (Å²) in [7, 11) is 0. The first kappa shape index (κ1) is 67.0. The predicted molar refractivity (Wildman–Crippen MR) is 294 cm³/mol. The van der Waals surface area contributed by atoms with Gasteiger partial charge < -0.3 is 10.2 Å². The second-order valence-corrected chi connectivity index (χ2v) is 21.4. The highest BCUT2D eigenvalue weighted by atomic mass is 16.4. The maximum Gasteiger partial charge on any atom is 0.306 e. The zero-order valence-electron chi connectivity index (χ0n) is 45.9. The monoisotopic (exact) mass is 933 g/mol. The summed E-state index contributed by atoms with van der Waals surface area (Å²) >= 11 is 0. The minimum atomic E-state index is -0.651. The van der Waals surface area contributed by atoms with E-state index in [1.165, 1.54) is 315 Å². The van der Waals surface area contributed by atoms with Crippen LogP contribution in [0.25, 0.3) is 0 Å². The molecule has 0 aromatic heterocycles. The quantitative estimate of drug-likeness (QED) is 0.0596. The average molecular weight is 934 g/mol. The van der Waals surface area contributed by atoms with Gasteiger partial charge >= 0.3 is 11.9 Å². The molecule has 0 aliphatic rings. The van der Waals surface area contributed by atoms with Crippen LogP contribution in [0.1, 0.15) is 380 Å². The lowest BCUT2D eigenvalue weighted by Gasteiger charge is -2.12. The summed E-state index contributed by atoms with van der Waals surface area (Å²) < 4.78 is 0. The van der Waals surface area contributed by atoms with Crippen molar-refractivity contribution >= 4 is 11.9 Å². The smallest absolute Gasteiger partial charge is 0.306 e. The van der Waals surface area contributed by atoms with Crippen LogP contribution in [0.15, 0.2) is 0 Å². The highest BCUT2D eigenvalue weighted by Crippen LogP contribution is 2.21. The lowest BCUT2D eigenvalue weighted by molar-refractivity contribution is -0.142. The van der Waals surface area contributed by atoms with Crippen molar-refractivity contribution in [3.8, 4) is 0 Å². The van der Waals surface area contributed by atoms with E-state index in [1.54, 1.807) is 0 Å². The van der Waals surface area contributed by atoms with E-state index < -0.39 is 11.9 Å². The molecule has 2 N–H and O–H groups in total. The Hall–Kier alpha value is -1.06. The van der Waals surface area contributed by atoms with Crippen molar-refractivity contribution in [3.63, 3.8) is 0 Å². The summed E-state index contributed by atoms with van der Waals surface area (Å²) in [5, 5.41) is 18.2. The van der Waals surface area contributed by atoms with Crippen molar-refractivity contribution in [1.82, 2.24) is 0 Å². The Morgan fingerprint density at radius 1 is 0.242 bits per heavy atom. The third-order valence-corrected chi connectivity index (χ3v) is 14.7. The van der Waals surface area contributed by atoms with Gasteiger partial charge in [-0.15, -0.1) is 0 Å². The molecule has 66 heavy (non-hydrogen) atoms. The topological polar surface area (TPSA) is 74.6 Å². The molecule has 396 valence electrons. The summed E-state index contributed by atoms with van der Waals surface area (Å²) in [4.78, 5) is 22.1. The van der Waals surface area contributed by atoms with Gasteiger partial charge in [0.1, 0.15) is 0 Å². The molecule has 0 rings (SSSR count). The van der Waals surface area contributed by atoms with Crippen LogP contribution in [0.2, 0.25) is 0 Å². The van der Waals surface area contributed by atoms with Crippen molar-refractivity contribution in [2.45, 2.75) is 380 Å². The van der Waals surface area contributed by atoms with Gasteiger partial charge in [-0.3, -0.25) is 9.59 Å². The van der Waals surface area contributed by atoms with Gasteiger partial charge in [0, 0.05) is 6.42 Å². The van der Waals surface area contributed by atoms with Crippen molar-refractivity contribution in [2.75, 3.05) is 0 Å². The Labute approximate surface area is 416 Å². The molecule has 0 aromatic carbocycles. The normalized spacial score (nSPS) is 11.8. The number of carboxylic acid groups (broad SMARTS) is 2. The molecule has 0 fully saturated rings. The number of carboxylic acids is 2. The van der Waals surface area contributed by atoms with Crippen molar-refractivity contribution in [2.24, 2.45) is 5.92 Å². The fraction of sp³-hybridized carbons (Fsp3) is 0.968. The minimum absolute atomic E-state index is 0.0993. The molecule has 0 heterocycles. The maximum absolute atomic E-state index is 11.7. The van der Waals surface area contributed by atoms with E-state index in [4.69, 9.17) is 5.11 Å². The number of carbonyl (C=O) groups is 2. The average Bonchev–Trinajstić information content (AvgIpc) is 3.31. The van der Waals surface area contributed by atoms with Crippen LogP contribution >= 0.6 is 0 Å². The van der Waals surface area contributed by atoms with Crippen LogP contribution in [0.3, 0.4) is 0 Å². The number of rotatable bonds is 57.